The quantitative estimate of drug-likeness (QED) is 0.697. The first-order valence-corrected chi connectivity index (χ1v) is 7.52. The predicted octanol–water partition coefficient (Wildman–Crippen LogP) is 2.67. The van der Waals surface area contributed by atoms with Crippen LogP contribution in [0.1, 0.15) is 33.1 Å². The van der Waals surface area contributed by atoms with Crippen molar-refractivity contribution in [2.75, 3.05) is 39.4 Å². The van der Waals surface area contributed by atoms with Crippen LogP contribution in [0.2, 0.25) is 0 Å². The van der Waals surface area contributed by atoms with Gasteiger partial charge in [-0.25, -0.2) is 0 Å². The van der Waals surface area contributed by atoms with Crippen LogP contribution in [0.4, 0.5) is 13.2 Å². The van der Waals surface area contributed by atoms with E-state index in [1.807, 2.05) is 0 Å². The zero-order chi connectivity index (χ0) is 15.0. The van der Waals surface area contributed by atoms with Crippen molar-refractivity contribution in [1.29, 1.82) is 0 Å². The predicted molar refractivity (Wildman–Crippen MR) is 73.8 cm³/mol. The summed E-state index contributed by atoms with van der Waals surface area (Å²) in [5.74, 6) is 0.715. The SMILES string of the molecule is CCNC(C)C1CCN(CCCOCC(F)(F)F)CC1. The molecule has 0 radical (unpaired) electrons. The van der Waals surface area contributed by atoms with Crippen molar-refractivity contribution in [2.24, 2.45) is 5.92 Å². The van der Waals surface area contributed by atoms with E-state index in [1.54, 1.807) is 0 Å². The van der Waals surface area contributed by atoms with E-state index in [0.717, 1.165) is 39.0 Å². The van der Waals surface area contributed by atoms with E-state index in [9.17, 15) is 13.2 Å². The molecule has 0 saturated carbocycles. The van der Waals surface area contributed by atoms with Gasteiger partial charge in [-0.15, -0.1) is 0 Å². The Morgan fingerprint density at radius 2 is 1.95 bits per heavy atom. The molecule has 0 aliphatic carbocycles. The van der Waals surface area contributed by atoms with Crippen molar-refractivity contribution in [3.05, 3.63) is 0 Å². The van der Waals surface area contributed by atoms with Gasteiger partial charge >= 0.3 is 6.18 Å². The van der Waals surface area contributed by atoms with Crippen LogP contribution in [-0.2, 0) is 4.74 Å². The molecule has 0 aromatic carbocycles. The van der Waals surface area contributed by atoms with E-state index in [4.69, 9.17) is 0 Å². The number of likely N-dealkylation sites (tertiary alicyclic amines) is 1. The van der Waals surface area contributed by atoms with Gasteiger partial charge in [0.2, 0.25) is 0 Å². The third kappa shape index (κ3) is 7.45. The van der Waals surface area contributed by atoms with Gasteiger partial charge in [0, 0.05) is 19.2 Å². The van der Waals surface area contributed by atoms with Gasteiger partial charge in [-0.2, -0.15) is 13.2 Å². The minimum absolute atomic E-state index is 0.188. The molecule has 1 heterocycles. The number of rotatable bonds is 8. The van der Waals surface area contributed by atoms with E-state index < -0.39 is 12.8 Å². The average Bonchev–Trinajstić information content (AvgIpc) is 2.38. The van der Waals surface area contributed by atoms with Crippen LogP contribution < -0.4 is 5.32 Å². The highest BCUT2D eigenvalue weighted by Crippen LogP contribution is 2.20. The van der Waals surface area contributed by atoms with Crippen LogP contribution in [0.15, 0.2) is 0 Å². The Morgan fingerprint density at radius 3 is 2.50 bits per heavy atom. The largest absolute Gasteiger partial charge is 0.411 e. The summed E-state index contributed by atoms with van der Waals surface area (Å²) in [7, 11) is 0. The number of nitrogens with one attached hydrogen (secondary N) is 1. The van der Waals surface area contributed by atoms with E-state index >= 15 is 0 Å². The van der Waals surface area contributed by atoms with Crippen LogP contribution in [0.25, 0.3) is 0 Å². The minimum atomic E-state index is -4.21. The van der Waals surface area contributed by atoms with Crippen LogP contribution in [0.3, 0.4) is 0 Å². The van der Waals surface area contributed by atoms with Crippen molar-refractivity contribution < 1.29 is 17.9 Å². The first-order chi connectivity index (χ1) is 9.42. The molecule has 0 bridgehead atoms. The number of piperidine rings is 1. The molecule has 0 aromatic heterocycles. The minimum Gasteiger partial charge on any atom is -0.372 e. The molecule has 120 valence electrons. The summed E-state index contributed by atoms with van der Waals surface area (Å²) in [5.41, 5.74) is 0. The fourth-order valence-corrected chi connectivity index (χ4v) is 2.74. The Kier molecular flexibility index (Phi) is 7.84. The Hall–Kier alpha value is -0.330. The molecule has 0 amide bonds. The molecule has 0 aromatic rings. The average molecular weight is 296 g/mol. The maximum atomic E-state index is 11.9. The van der Waals surface area contributed by atoms with Crippen molar-refractivity contribution in [2.45, 2.75) is 45.3 Å². The zero-order valence-electron chi connectivity index (χ0n) is 12.5. The Morgan fingerprint density at radius 1 is 1.30 bits per heavy atom. The highest BCUT2D eigenvalue weighted by molar-refractivity contribution is 4.79. The standard InChI is InChI=1S/C14H27F3N2O/c1-3-18-12(2)13-5-8-19(9-6-13)7-4-10-20-11-14(15,16)17/h12-13,18H,3-11H2,1-2H3. The van der Waals surface area contributed by atoms with Crippen molar-refractivity contribution >= 4 is 0 Å². The van der Waals surface area contributed by atoms with E-state index in [0.29, 0.717) is 18.4 Å². The maximum absolute atomic E-state index is 11.9. The molecular weight excluding hydrogens is 269 g/mol. The number of nitrogens with zero attached hydrogens (tertiary/aromatic N) is 1. The zero-order valence-corrected chi connectivity index (χ0v) is 12.5. The molecule has 6 heteroatoms. The first kappa shape index (κ1) is 17.7. The van der Waals surface area contributed by atoms with Crippen molar-refractivity contribution in [1.82, 2.24) is 10.2 Å². The molecule has 1 N–H and O–H groups in total. The summed E-state index contributed by atoms with van der Waals surface area (Å²) in [6, 6.07) is 0.553. The van der Waals surface area contributed by atoms with Gasteiger partial charge in [0.15, 0.2) is 0 Å². The fourth-order valence-electron chi connectivity index (χ4n) is 2.74. The van der Waals surface area contributed by atoms with Gasteiger partial charge in [0.1, 0.15) is 6.61 Å². The third-order valence-electron chi connectivity index (χ3n) is 3.89. The molecular formula is C14H27F3N2O. The third-order valence-corrected chi connectivity index (χ3v) is 3.89. The molecule has 1 aliphatic heterocycles. The molecule has 1 aliphatic rings. The monoisotopic (exact) mass is 296 g/mol. The molecule has 0 spiro atoms. The molecule has 3 nitrogen and oxygen atoms in total. The Labute approximate surface area is 119 Å². The maximum Gasteiger partial charge on any atom is 0.411 e. The number of hydrogen-bond donors (Lipinski definition) is 1. The first-order valence-electron chi connectivity index (χ1n) is 7.52. The van der Waals surface area contributed by atoms with Crippen LogP contribution >= 0.6 is 0 Å². The lowest BCUT2D eigenvalue weighted by atomic mass is 9.90. The van der Waals surface area contributed by atoms with Crippen LogP contribution in [0.5, 0.6) is 0 Å². The highest BCUT2D eigenvalue weighted by atomic mass is 19.4. The summed E-state index contributed by atoms with van der Waals surface area (Å²) in [4.78, 5) is 2.33. The lowest BCUT2D eigenvalue weighted by Crippen LogP contribution is -2.42. The molecule has 1 fully saturated rings. The second kappa shape index (κ2) is 8.85. The molecule has 1 saturated heterocycles. The van der Waals surface area contributed by atoms with Gasteiger partial charge in [-0.05, 0) is 51.7 Å². The Bertz CT molecular complexity index is 253. The summed E-state index contributed by atoms with van der Waals surface area (Å²) in [5, 5.41) is 3.46. The van der Waals surface area contributed by atoms with Gasteiger partial charge < -0.3 is 15.0 Å². The summed E-state index contributed by atoms with van der Waals surface area (Å²) in [6.07, 6.45) is -1.21. The molecule has 1 atom stereocenters. The second-order valence-corrected chi connectivity index (χ2v) is 5.55. The number of halogens is 3. The van der Waals surface area contributed by atoms with Gasteiger partial charge in [0.25, 0.3) is 0 Å². The van der Waals surface area contributed by atoms with Crippen molar-refractivity contribution in [3.8, 4) is 0 Å². The van der Waals surface area contributed by atoms with Crippen molar-refractivity contribution in [3.63, 3.8) is 0 Å². The Balaban J connectivity index is 2.05. The second-order valence-electron chi connectivity index (χ2n) is 5.55. The van der Waals surface area contributed by atoms with Gasteiger partial charge in [0.05, 0.1) is 0 Å². The van der Waals surface area contributed by atoms with Crippen LogP contribution in [-0.4, -0.2) is 56.5 Å². The lowest BCUT2D eigenvalue weighted by Gasteiger charge is -2.35. The number of ether oxygens (including phenoxy) is 1. The van der Waals surface area contributed by atoms with Gasteiger partial charge in [-0.1, -0.05) is 6.92 Å². The van der Waals surface area contributed by atoms with E-state index in [-0.39, 0.29) is 6.61 Å². The smallest absolute Gasteiger partial charge is 0.372 e. The summed E-state index contributed by atoms with van der Waals surface area (Å²) in [6.45, 7) is 7.32. The molecule has 1 unspecified atom stereocenters. The van der Waals surface area contributed by atoms with E-state index in [2.05, 4.69) is 28.8 Å². The summed E-state index contributed by atoms with van der Waals surface area (Å²) < 4.78 is 40.3. The van der Waals surface area contributed by atoms with Gasteiger partial charge in [-0.3, -0.25) is 0 Å². The fraction of sp³-hybridized carbons (Fsp3) is 1.00. The normalized spacial score (nSPS) is 20.2. The highest BCUT2D eigenvalue weighted by Gasteiger charge is 2.27. The molecule has 20 heavy (non-hydrogen) atoms. The summed E-state index contributed by atoms with van der Waals surface area (Å²) >= 11 is 0. The van der Waals surface area contributed by atoms with E-state index in [1.165, 1.54) is 0 Å². The lowest BCUT2D eigenvalue weighted by molar-refractivity contribution is -0.174. The number of alkyl halides is 3. The number of hydrogen-bond acceptors (Lipinski definition) is 3. The topological polar surface area (TPSA) is 24.5 Å². The van der Waals surface area contributed by atoms with Crippen LogP contribution in [0, 0.1) is 5.92 Å². The molecule has 1 rings (SSSR count).